The minimum absolute atomic E-state index is 0.176. The number of benzene rings is 1. The third kappa shape index (κ3) is 4.64. The Labute approximate surface area is 171 Å². The zero-order valence-electron chi connectivity index (χ0n) is 16.6. The maximum atomic E-state index is 13.4. The third-order valence-electron chi connectivity index (χ3n) is 5.27. The number of nitrogens with zero attached hydrogens (tertiary/aromatic N) is 2. The molecule has 1 aliphatic rings. The van der Waals surface area contributed by atoms with E-state index in [9.17, 15) is 18.0 Å². The van der Waals surface area contributed by atoms with Crippen molar-refractivity contribution < 1.29 is 18.0 Å². The molecule has 1 N–H and O–H groups in total. The summed E-state index contributed by atoms with van der Waals surface area (Å²) in [5, 5.41) is 1.48. The minimum atomic E-state index is -3.81. The van der Waals surface area contributed by atoms with Crippen molar-refractivity contribution in [2.45, 2.75) is 36.8 Å². The van der Waals surface area contributed by atoms with Crippen molar-refractivity contribution in [2.24, 2.45) is 0 Å². The van der Waals surface area contributed by atoms with Gasteiger partial charge in [-0.05, 0) is 61.6 Å². The molecule has 1 aromatic carbocycles. The fourth-order valence-electron chi connectivity index (χ4n) is 3.35. The molecule has 0 aliphatic carbocycles. The Morgan fingerprint density at radius 3 is 2.48 bits per heavy atom. The second-order valence-corrected chi connectivity index (χ2v) is 9.41. The summed E-state index contributed by atoms with van der Waals surface area (Å²) in [6, 6.07) is 8.27. The normalized spacial score (nSPS) is 15.2. The van der Waals surface area contributed by atoms with Gasteiger partial charge in [-0.15, -0.1) is 0 Å². The quantitative estimate of drug-likeness (QED) is 0.753. The van der Waals surface area contributed by atoms with Crippen molar-refractivity contribution in [3.05, 3.63) is 59.4 Å². The van der Waals surface area contributed by atoms with Gasteiger partial charge in [-0.3, -0.25) is 14.6 Å². The maximum absolute atomic E-state index is 13.4. The topological polar surface area (TPSA) is 96.4 Å². The predicted molar refractivity (Wildman–Crippen MR) is 109 cm³/mol. The van der Waals surface area contributed by atoms with Gasteiger partial charge >= 0.3 is 11.8 Å². The van der Waals surface area contributed by atoms with Gasteiger partial charge in [0.1, 0.15) is 5.25 Å². The number of sulfone groups is 1. The molecule has 1 aliphatic heterocycles. The summed E-state index contributed by atoms with van der Waals surface area (Å²) < 4.78 is 26.7. The summed E-state index contributed by atoms with van der Waals surface area (Å²) in [4.78, 5) is 30.2. The van der Waals surface area contributed by atoms with Crippen molar-refractivity contribution in [3.8, 4) is 0 Å². The van der Waals surface area contributed by atoms with Crippen LogP contribution in [0.3, 0.4) is 0 Å². The van der Waals surface area contributed by atoms with E-state index < -0.39 is 26.9 Å². The monoisotopic (exact) mass is 415 g/mol. The number of carbonyl (C=O) groups excluding carboxylic acids is 2. The van der Waals surface area contributed by atoms with Gasteiger partial charge in [0.05, 0.1) is 4.90 Å². The van der Waals surface area contributed by atoms with Gasteiger partial charge in [-0.1, -0.05) is 12.1 Å². The first-order valence-corrected chi connectivity index (χ1v) is 11.1. The molecule has 7 nitrogen and oxygen atoms in total. The Hall–Kier alpha value is -2.74. The van der Waals surface area contributed by atoms with Gasteiger partial charge in [0.15, 0.2) is 9.84 Å². The molecule has 2 amide bonds. The Morgan fingerprint density at radius 2 is 1.86 bits per heavy atom. The lowest BCUT2D eigenvalue weighted by atomic mass is 10.1. The van der Waals surface area contributed by atoms with Crippen LogP contribution in [0.2, 0.25) is 0 Å². The smallest absolute Gasteiger partial charge is 0.311 e. The highest BCUT2D eigenvalue weighted by Crippen LogP contribution is 2.29. The summed E-state index contributed by atoms with van der Waals surface area (Å²) >= 11 is 0. The van der Waals surface area contributed by atoms with E-state index in [1.165, 1.54) is 11.1 Å². The van der Waals surface area contributed by atoms with Crippen LogP contribution in [0.25, 0.3) is 0 Å². The number of aromatic nitrogens is 1. The molecular formula is C21H25N3O4S. The number of hydrogen-bond donors (Lipinski definition) is 1. The molecule has 0 bridgehead atoms. The fourth-order valence-corrected chi connectivity index (χ4v) is 5.08. The van der Waals surface area contributed by atoms with Crippen LogP contribution in [-0.4, -0.2) is 49.8 Å². The van der Waals surface area contributed by atoms with Crippen molar-refractivity contribution in [1.82, 2.24) is 15.2 Å². The van der Waals surface area contributed by atoms with Crippen molar-refractivity contribution in [2.75, 3.05) is 19.6 Å². The Kier molecular flexibility index (Phi) is 6.32. The van der Waals surface area contributed by atoms with Gasteiger partial charge in [-0.2, -0.15) is 0 Å². The van der Waals surface area contributed by atoms with Crippen LogP contribution in [0.15, 0.2) is 47.6 Å². The maximum Gasteiger partial charge on any atom is 0.311 e. The highest BCUT2D eigenvalue weighted by atomic mass is 32.2. The molecule has 1 fully saturated rings. The van der Waals surface area contributed by atoms with Crippen LogP contribution in [0, 0.1) is 13.8 Å². The van der Waals surface area contributed by atoms with E-state index in [0.29, 0.717) is 18.7 Å². The first-order chi connectivity index (χ1) is 13.8. The van der Waals surface area contributed by atoms with E-state index in [4.69, 9.17) is 0 Å². The largest absolute Gasteiger partial charge is 0.346 e. The summed E-state index contributed by atoms with van der Waals surface area (Å²) in [7, 11) is -3.81. The van der Waals surface area contributed by atoms with E-state index in [1.54, 1.807) is 36.5 Å². The van der Waals surface area contributed by atoms with E-state index in [2.05, 4.69) is 10.3 Å². The number of likely N-dealkylation sites (tertiary alicyclic amines) is 1. The van der Waals surface area contributed by atoms with Crippen LogP contribution in [0.1, 0.15) is 34.8 Å². The van der Waals surface area contributed by atoms with Crippen LogP contribution in [-0.2, 0) is 19.4 Å². The number of pyridine rings is 1. The molecule has 29 heavy (non-hydrogen) atoms. The van der Waals surface area contributed by atoms with Crippen molar-refractivity contribution in [3.63, 3.8) is 0 Å². The second-order valence-electron chi connectivity index (χ2n) is 7.28. The summed E-state index contributed by atoms with van der Waals surface area (Å²) in [5.41, 5.74) is 2.32. The van der Waals surface area contributed by atoms with Crippen LogP contribution in [0.4, 0.5) is 0 Å². The first kappa shape index (κ1) is 21.0. The highest BCUT2D eigenvalue weighted by Gasteiger charge is 2.32. The number of hydrogen-bond acceptors (Lipinski definition) is 5. The molecule has 0 saturated carbocycles. The summed E-state index contributed by atoms with van der Waals surface area (Å²) in [6.07, 6.45) is 4.77. The van der Waals surface area contributed by atoms with Crippen LogP contribution < -0.4 is 5.32 Å². The van der Waals surface area contributed by atoms with Gasteiger partial charge in [0.2, 0.25) is 0 Å². The zero-order valence-corrected chi connectivity index (χ0v) is 17.4. The lowest BCUT2D eigenvalue weighted by Gasteiger charge is -2.20. The predicted octanol–water partition coefficient (Wildman–Crippen LogP) is 1.95. The van der Waals surface area contributed by atoms with E-state index >= 15 is 0 Å². The Morgan fingerprint density at radius 1 is 1.14 bits per heavy atom. The molecule has 2 aromatic rings. The molecule has 0 unspecified atom stereocenters. The Bertz CT molecular complexity index is 1000. The molecule has 1 aromatic heterocycles. The lowest BCUT2D eigenvalue weighted by molar-refractivity contribution is -0.145. The lowest BCUT2D eigenvalue weighted by Crippen LogP contribution is -2.43. The van der Waals surface area contributed by atoms with Gasteiger partial charge in [0, 0.05) is 32.0 Å². The molecule has 0 radical (unpaired) electrons. The highest BCUT2D eigenvalue weighted by molar-refractivity contribution is 7.91. The van der Waals surface area contributed by atoms with E-state index in [1.807, 2.05) is 13.8 Å². The van der Waals surface area contributed by atoms with E-state index in [-0.39, 0.29) is 11.4 Å². The molecule has 8 heteroatoms. The van der Waals surface area contributed by atoms with Crippen LogP contribution >= 0.6 is 0 Å². The minimum Gasteiger partial charge on any atom is -0.346 e. The standard InChI is InChI=1S/C21H25N3O4S/c1-15-7-8-18(12-16(15)2)29(27,28)19(17-6-5-9-22-13-17)14-23-20(25)21(26)24-10-3-4-11-24/h5-9,12-13,19H,3-4,10-11,14H2,1-2H3,(H,23,25)/t19-/m0/s1. The molecule has 0 spiro atoms. The van der Waals surface area contributed by atoms with Gasteiger partial charge in [0.25, 0.3) is 0 Å². The van der Waals surface area contributed by atoms with Gasteiger partial charge in [-0.25, -0.2) is 8.42 Å². The molecule has 3 rings (SSSR count). The number of carbonyl (C=O) groups is 2. The molecule has 1 atom stereocenters. The zero-order chi connectivity index (χ0) is 21.0. The molecular weight excluding hydrogens is 390 g/mol. The summed E-state index contributed by atoms with van der Waals surface area (Å²) in [5.74, 6) is -1.40. The SMILES string of the molecule is Cc1ccc(S(=O)(=O)[C@@H](CNC(=O)C(=O)N2CCCC2)c2cccnc2)cc1C. The number of aryl methyl sites for hydroxylation is 2. The number of nitrogens with one attached hydrogen (secondary N) is 1. The third-order valence-corrected chi connectivity index (χ3v) is 7.37. The fraction of sp³-hybridized carbons (Fsp3) is 0.381. The average Bonchev–Trinajstić information content (AvgIpc) is 3.25. The van der Waals surface area contributed by atoms with Crippen LogP contribution in [0.5, 0.6) is 0 Å². The first-order valence-electron chi connectivity index (χ1n) is 9.59. The second kappa shape index (κ2) is 8.73. The average molecular weight is 416 g/mol. The van der Waals surface area contributed by atoms with Gasteiger partial charge < -0.3 is 10.2 Å². The number of rotatable bonds is 5. The molecule has 154 valence electrons. The van der Waals surface area contributed by atoms with Crippen molar-refractivity contribution in [1.29, 1.82) is 0 Å². The summed E-state index contributed by atoms with van der Waals surface area (Å²) in [6.45, 7) is 4.66. The van der Waals surface area contributed by atoms with E-state index in [0.717, 1.165) is 24.0 Å². The molecule has 2 heterocycles. The Balaban J connectivity index is 1.86. The van der Waals surface area contributed by atoms with Crippen molar-refractivity contribution >= 4 is 21.7 Å². The number of amides is 2. The molecule has 1 saturated heterocycles.